The van der Waals surface area contributed by atoms with E-state index in [1.807, 2.05) is 42.5 Å². The number of ether oxygens (including phenoxy) is 2. The first-order valence-electron chi connectivity index (χ1n) is 10.3. The van der Waals surface area contributed by atoms with Crippen LogP contribution in [0.5, 0.6) is 11.5 Å². The van der Waals surface area contributed by atoms with Crippen molar-refractivity contribution in [3.05, 3.63) is 88.7 Å². The quantitative estimate of drug-likeness (QED) is 0.422. The molecule has 6 nitrogen and oxygen atoms in total. The lowest BCUT2D eigenvalue weighted by atomic mass is 10.2. The van der Waals surface area contributed by atoms with Crippen LogP contribution < -0.4 is 14.8 Å². The minimum absolute atomic E-state index is 0.175. The van der Waals surface area contributed by atoms with Gasteiger partial charge in [0.15, 0.2) is 11.5 Å². The summed E-state index contributed by atoms with van der Waals surface area (Å²) in [6.45, 7) is 1.13. The zero-order chi connectivity index (χ0) is 22.5. The Balaban J connectivity index is 1.49. The number of fused-ring (bicyclic) bond motifs is 1. The van der Waals surface area contributed by atoms with Crippen LogP contribution in [-0.2, 0) is 13.0 Å². The summed E-state index contributed by atoms with van der Waals surface area (Å²) in [5, 5.41) is 3.68. The molecular formula is C25H24ClN3O3. The maximum atomic E-state index is 12.6. The van der Waals surface area contributed by atoms with Gasteiger partial charge < -0.3 is 19.4 Å². The molecule has 0 aliphatic heterocycles. The van der Waals surface area contributed by atoms with Crippen molar-refractivity contribution in [2.45, 2.75) is 13.0 Å². The number of benzene rings is 3. The highest BCUT2D eigenvalue weighted by molar-refractivity contribution is 6.30. The molecule has 0 atom stereocenters. The Labute approximate surface area is 191 Å². The molecule has 1 amide bonds. The second kappa shape index (κ2) is 9.75. The number of imidazole rings is 1. The largest absolute Gasteiger partial charge is 0.493 e. The molecule has 0 saturated heterocycles. The maximum absolute atomic E-state index is 12.6. The van der Waals surface area contributed by atoms with E-state index in [4.69, 9.17) is 26.1 Å². The number of rotatable bonds is 8. The number of hydrogen-bond donors (Lipinski definition) is 1. The normalized spacial score (nSPS) is 10.8. The zero-order valence-corrected chi connectivity index (χ0v) is 18.7. The van der Waals surface area contributed by atoms with Gasteiger partial charge in [-0.15, -0.1) is 0 Å². The summed E-state index contributed by atoms with van der Waals surface area (Å²) >= 11 is 6.03. The van der Waals surface area contributed by atoms with Crippen LogP contribution in [0.4, 0.5) is 0 Å². The topological polar surface area (TPSA) is 65.4 Å². The van der Waals surface area contributed by atoms with Gasteiger partial charge in [-0.1, -0.05) is 35.9 Å². The first kappa shape index (κ1) is 21.7. The average Bonchev–Trinajstić information content (AvgIpc) is 3.17. The molecule has 7 heteroatoms. The number of nitrogens with one attached hydrogen (secondary N) is 1. The van der Waals surface area contributed by atoms with Gasteiger partial charge in [0.1, 0.15) is 5.82 Å². The van der Waals surface area contributed by atoms with Crippen LogP contribution in [0.2, 0.25) is 5.02 Å². The van der Waals surface area contributed by atoms with Crippen molar-refractivity contribution in [2.24, 2.45) is 0 Å². The fourth-order valence-electron chi connectivity index (χ4n) is 3.63. The number of carbonyl (C=O) groups is 1. The molecule has 4 aromatic rings. The summed E-state index contributed by atoms with van der Waals surface area (Å²) < 4.78 is 12.7. The van der Waals surface area contributed by atoms with Gasteiger partial charge in [0, 0.05) is 30.1 Å². The lowest BCUT2D eigenvalue weighted by molar-refractivity contribution is 0.0953. The number of amides is 1. The Bertz CT molecular complexity index is 1240. The van der Waals surface area contributed by atoms with Gasteiger partial charge >= 0.3 is 0 Å². The van der Waals surface area contributed by atoms with Crippen LogP contribution >= 0.6 is 11.6 Å². The van der Waals surface area contributed by atoms with Crippen LogP contribution in [0.15, 0.2) is 66.7 Å². The summed E-state index contributed by atoms with van der Waals surface area (Å²) in [4.78, 5) is 17.4. The molecule has 0 aliphatic carbocycles. The fraction of sp³-hybridized carbons (Fsp3) is 0.200. The molecule has 0 unspecified atom stereocenters. The van der Waals surface area contributed by atoms with Crippen molar-refractivity contribution in [1.82, 2.24) is 14.9 Å². The number of aromatic nitrogens is 2. The molecule has 0 radical (unpaired) electrons. The van der Waals surface area contributed by atoms with Crippen LogP contribution in [0.3, 0.4) is 0 Å². The van der Waals surface area contributed by atoms with E-state index in [0.29, 0.717) is 41.6 Å². The highest BCUT2D eigenvalue weighted by Crippen LogP contribution is 2.27. The third-order valence-electron chi connectivity index (χ3n) is 5.27. The first-order chi connectivity index (χ1) is 15.6. The maximum Gasteiger partial charge on any atom is 0.251 e. The van der Waals surface area contributed by atoms with Crippen molar-refractivity contribution >= 4 is 28.5 Å². The molecule has 3 aromatic carbocycles. The van der Waals surface area contributed by atoms with E-state index in [9.17, 15) is 4.79 Å². The highest BCUT2D eigenvalue weighted by atomic mass is 35.5. The van der Waals surface area contributed by atoms with Gasteiger partial charge in [-0.05, 0) is 48.0 Å². The van der Waals surface area contributed by atoms with E-state index < -0.39 is 0 Å². The Morgan fingerprint density at radius 3 is 2.50 bits per heavy atom. The summed E-state index contributed by atoms with van der Waals surface area (Å²) in [5.74, 6) is 1.84. The van der Waals surface area contributed by atoms with E-state index in [1.165, 1.54) is 0 Å². The summed E-state index contributed by atoms with van der Waals surface area (Å²) in [7, 11) is 3.11. The monoisotopic (exact) mass is 449 g/mol. The number of halogens is 1. The molecule has 164 valence electrons. The highest BCUT2D eigenvalue weighted by Gasteiger charge is 2.13. The van der Waals surface area contributed by atoms with Gasteiger partial charge in [-0.2, -0.15) is 0 Å². The SMILES string of the molecule is COc1ccc(C(=O)NCCc2nc3ccccc3n2Cc2ccc(Cl)cc2)cc1OC. The predicted octanol–water partition coefficient (Wildman–Crippen LogP) is 4.73. The van der Waals surface area contributed by atoms with Crippen LogP contribution in [0.1, 0.15) is 21.7 Å². The van der Waals surface area contributed by atoms with Gasteiger partial charge in [-0.3, -0.25) is 4.79 Å². The van der Waals surface area contributed by atoms with E-state index in [2.05, 4.69) is 16.0 Å². The average molecular weight is 450 g/mol. The van der Waals surface area contributed by atoms with E-state index >= 15 is 0 Å². The number of nitrogens with zero attached hydrogens (tertiary/aromatic N) is 2. The molecule has 0 aliphatic rings. The molecule has 1 aromatic heterocycles. The lowest BCUT2D eigenvalue weighted by Gasteiger charge is -2.11. The van der Waals surface area contributed by atoms with Crippen molar-refractivity contribution in [3.8, 4) is 11.5 Å². The summed E-state index contributed by atoms with van der Waals surface area (Å²) in [5.41, 5.74) is 3.64. The van der Waals surface area contributed by atoms with Crippen LogP contribution in [0.25, 0.3) is 11.0 Å². The van der Waals surface area contributed by atoms with Gasteiger partial charge in [-0.25, -0.2) is 4.98 Å². The van der Waals surface area contributed by atoms with Crippen LogP contribution in [0, 0.1) is 0 Å². The molecular weight excluding hydrogens is 426 g/mol. The predicted molar refractivity (Wildman–Crippen MR) is 126 cm³/mol. The van der Waals surface area contributed by atoms with Gasteiger partial charge in [0.05, 0.1) is 25.3 Å². The van der Waals surface area contributed by atoms with Crippen molar-refractivity contribution in [3.63, 3.8) is 0 Å². The summed E-state index contributed by atoms with van der Waals surface area (Å²) in [6, 6.07) is 21.0. The number of carbonyl (C=O) groups excluding carboxylic acids is 1. The Morgan fingerprint density at radius 2 is 1.75 bits per heavy atom. The molecule has 0 saturated carbocycles. The lowest BCUT2D eigenvalue weighted by Crippen LogP contribution is -2.26. The standard InChI is InChI=1S/C25H24ClN3O3/c1-31-22-12-9-18(15-23(22)32-2)25(30)27-14-13-24-28-20-5-3-4-6-21(20)29(24)16-17-7-10-19(26)11-8-17/h3-12,15H,13-14,16H2,1-2H3,(H,27,30). The molecule has 32 heavy (non-hydrogen) atoms. The minimum atomic E-state index is -0.175. The zero-order valence-electron chi connectivity index (χ0n) is 18.0. The first-order valence-corrected chi connectivity index (χ1v) is 10.7. The number of hydrogen-bond acceptors (Lipinski definition) is 4. The molecule has 1 heterocycles. The fourth-order valence-corrected chi connectivity index (χ4v) is 3.76. The van der Waals surface area contributed by atoms with Crippen molar-refractivity contribution < 1.29 is 14.3 Å². The third-order valence-corrected chi connectivity index (χ3v) is 5.52. The third kappa shape index (κ3) is 4.70. The Morgan fingerprint density at radius 1 is 1.00 bits per heavy atom. The molecule has 1 N–H and O–H groups in total. The molecule has 0 spiro atoms. The van der Waals surface area contributed by atoms with Crippen LogP contribution in [-0.4, -0.2) is 36.2 Å². The van der Waals surface area contributed by atoms with E-state index in [0.717, 1.165) is 22.4 Å². The molecule has 0 fully saturated rings. The Kier molecular flexibility index (Phi) is 6.61. The molecule has 4 rings (SSSR count). The van der Waals surface area contributed by atoms with Crippen molar-refractivity contribution in [1.29, 1.82) is 0 Å². The molecule has 0 bridgehead atoms. The number of methoxy groups -OCH3 is 2. The van der Waals surface area contributed by atoms with E-state index in [-0.39, 0.29) is 5.91 Å². The van der Waals surface area contributed by atoms with Gasteiger partial charge in [0.2, 0.25) is 0 Å². The minimum Gasteiger partial charge on any atom is -0.493 e. The van der Waals surface area contributed by atoms with E-state index in [1.54, 1.807) is 32.4 Å². The second-order valence-electron chi connectivity index (χ2n) is 7.31. The smallest absolute Gasteiger partial charge is 0.251 e. The van der Waals surface area contributed by atoms with Crippen molar-refractivity contribution in [2.75, 3.05) is 20.8 Å². The second-order valence-corrected chi connectivity index (χ2v) is 7.74. The Hall–Kier alpha value is -3.51. The van der Waals surface area contributed by atoms with Gasteiger partial charge in [0.25, 0.3) is 5.91 Å². The summed E-state index contributed by atoms with van der Waals surface area (Å²) in [6.07, 6.45) is 0.599. The number of para-hydroxylation sites is 2.